The second kappa shape index (κ2) is 4.58. The number of nitrogens with zero attached hydrogens (tertiary/aromatic N) is 1. The van der Waals surface area contributed by atoms with Crippen molar-refractivity contribution in [2.45, 2.75) is 39.3 Å². The Morgan fingerprint density at radius 1 is 1.46 bits per heavy atom. The summed E-state index contributed by atoms with van der Waals surface area (Å²) in [7, 11) is 0. The highest BCUT2D eigenvalue weighted by atomic mass is 16.4. The van der Waals surface area contributed by atoms with Gasteiger partial charge < -0.3 is 10.2 Å². The minimum Gasteiger partial charge on any atom is -0.480 e. The van der Waals surface area contributed by atoms with Gasteiger partial charge in [-0.25, -0.2) is 0 Å². The maximum absolute atomic E-state index is 10.5. The van der Waals surface area contributed by atoms with Crippen LogP contribution in [-0.4, -0.2) is 45.8 Å². The highest BCUT2D eigenvalue weighted by molar-refractivity contribution is 5.69. The van der Waals surface area contributed by atoms with Crippen LogP contribution in [0.5, 0.6) is 0 Å². The third-order valence-electron chi connectivity index (χ3n) is 1.66. The first kappa shape index (κ1) is 12.4. The van der Waals surface area contributed by atoms with Crippen molar-refractivity contribution < 1.29 is 15.0 Å². The number of hydrogen-bond donors (Lipinski definition) is 2. The quantitative estimate of drug-likeness (QED) is 0.663. The van der Waals surface area contributed by atoms with Crippen LogP contribution < -0.4 is 0 Å². The van der Waals surface area contributed by atoms with Crippen molar-refractivity contribution >= 4 is 5.97 Å². The third-order valence-corrected chi connectivity index (χ3v) is 1.66. The van der Waals surface area contributed by atoms with Gasteiger partial charge in [0.05, 0.1) is 12.1 Å². The average molecular weight is 189 g/mol. The summed E-state index contributed by atoms with van der Waals surface area (Å²) in [6, 6.07) is 0.127. The Balaban J connectivity index is 4.19. The van der Waals surface area contributed by atoms with Gasteiger partial charge in [0.2, 0.25) is 0 Å². The molecule has 0 bridgehead atoms. The fraction of sp³-hybridized carbons (Fsp3) is 0.889. The van der Waals surface area contributed by atoms with Gasteiger partial charge in [-0.1, -0.05) is 0 Å². The topological polar surface area (TPSA) is 60.8 Å². The van der Waals surface area contributed by atoms with Crippen LogP contribution >= 0.6 is 0 Å². The Kier molecular flexibility index (Phi) is 4.36. The first-order valence-electron chi connectivity index (χ1n) is 4.40. The lowest BCUT2D eigenvalue weighted by atomic mass is 10.1. The predicted molar refractivity (Wildman–Crippen MR) is 50.6 cm³/mol. The lowest BCUT2D eigenvalue weighted by Gasteiger charge is -2.30. The smallest absolute Gasteiger partial charge is 0.317 e. The molecule has 0 aliphatic carbocycles. The van der Waals surface area contributed by atoms with E-state index in [1.54, 1.807) is 18.7 Å². The second-order valence-corrected chi connectivity index (χ2v) is 4.20. The van der Waals surface area contributed by atoms with E-state index in [1.165, 1.54) is 0 Å². The van der Waals surface area contributed by atoms with E-state index in [0.29, 0.717) is 6.54 Å². The number of carboxylic acids is 1. The molecule has 0 saturated carbocycles. The second-order valence-electron chi connectivity index (χ2n) is 4.20. The average Bonchev–Trinajstić information content (AvgIpc) is 1.81. The molecule has 0 amide bonds. The molecule has 0 saturated heterocycles. The first-order chi connectivity index (χ1) is 5.72. The molecule has 0 aromatic rings. The minimum absolute atomic E-state index is 0.0261. The summed E-state index contributed by atoms with van der Waals surface area (Å²) in [5.41, 5.74) is -0.848. The fourth-order valence-electron chi connectivity index (χ4n) is 1.09. The Morgan fingerprint density at radius 2 is 1.92 bits per heavy atom. The molecule has 4 heteroatoms. The van der Waals surface area contributed by atoms with Crippen LogP contribution in [0.15, 0.2) is 0 Å². The summed E-state index contributed by atoms with van der Waals surface area (Å²) in [4.78, 5) is 12.2. The zero-order valence-electron chi connectivity index (χ0n) is 8.74. The van der Waals surface area contributed by atoms with Gasteiger partial charge >= 0.3 is 5.97 Å². The van der Waals surface area contributed by atoms with Gasteiger partial charge in [0.25, 0.3) is 0 Å². The molecule has 0 aromatic heterocycles. The minimum atomic E-state index is -0.863. The van der Waals surface area contributed by atoms with E-state index in [0.717, 1.165) is 0 Å². The van der Waals surface area contributed by atoms with Crippen LogP contribution in [-0.2, 0) is 4.79 Å². The molecule has 0 radical (unpaired) electrons. The van der Waals surface area contributed by atoms with E-state index in [9.17, 15) is 9.90 Å². The predicted octanol–water partition coefficient (Wildman–Crippen LogP) is 0.552. The molecule has 0 rings (SSSR count). The Labute approximate surface area is 79.2 Å². The van der Waals surface area contributed by atoms with E-state index < -0.39 is 11.6 Å². The van der Waals surface area contributed by atoms with Crippen LogP contribution in [0.2, 0.25) is 0 Å². The van der Waals surface area contributed by atoms with Crippen LogP contribution in [0.1, 0.15) is 27.7 Å². The van der Waals surface area contributed by atoms with Crippen molar-refractivity contribution in [3.05, 3.63) is 0 Å². The summed E-state index contributed by atoms with van der Waals surface area (Å²) in [6.45, 7) is 7.51. The molecule has 2 N–H and O–H groups in total. The van der Waals surface area contributed by atoms with Crippen molar-refractivity contribution in [1.29, 1.82) is 0 Å². The standard InChI is InChI=1S/C9H19NO3/c1-7(2)10(5-8(11)12)6-9(3,4)13/h7,13H,5-6H2,1-4H3,(H,11,12). The molecular weight excluding hydrogens is 170 g/mol. The number of hydrogen-bond acceptors (Lipinski definition) is 3. The molecule has 0 fully saturated rings. The summed E-state index contributed by atoms with van der Waals surface area (Å²) in [6.07, 6.45) is 0. The highest BCUT2D eigenvalue weighted by Gasteiger charge is 2.21. The van der Waals surface area contributed by atoms with Crippen LogP contribution in [0.25, 0.3) is 0 Å². The van der Waals surface area contributed by atoms with Crippen molar-refractivity contribution in [3.63, 3.8) is 0 Å². The highest BCUT2D eigenvalue weighted by Crippen LogP contribution is 2.07. The molecule has 0 aromatic carbocycles. The first-order valence-corrected chi connectivity index (χ1v) is 4.40. The van der Waals surface area contributed by atoms with Crippen molar-refractivity contribution in [3.8, 4) is 0 Å². The molecule has 78 valence electrons. The van der Waals surface area contributed by atoms with E-state index in [4.69, 9.17) is 5.11 Å². The van der Waals surface area contributed by atoms with Gasteiger partial charge in [-0.2, -0.15) is 0 Å². The zero-order chi connectivity index (χ0) is 10.6. The number of aliphatic hydroxyl groups is 1. The summed E-state index contributed by atoms with van der Waals surface area (Å²) >= 11 is 0. The summed E-state index contributed by atoms with van der Waals surface area (Å²) in [5, 5.41) is 18.1. The molecular formula is C9H19NO3. The molecule has 0 spiro atoms. The Morgan fingerprint density at radius 3 is 2.15 bits per heavy atom. The van der Waals surface area contributed by atoms with Gasteiger partial charge in [0, 0.05) is 12.6 Å². The van der Waals surface area contributed by atoms with Crippen LogP contribution in [0.3, 0.4) is 0 Å². The van der Waals surface area contributed by atoms with Gasteiger partial charge in [0.1, 0.15) is 0 Å². The SMILES string of the molecule is CC(C)N(CC(=O)O)CC(C)(C)O. The van der Waals surface area contributed by atoms with Gasteiger partial charge in [-0.3, -0.25) is 9.69 Å². The van der Waals surface area contributed by atoms with E-state index in [1.807, 2.05) is 13.8 Å². The zero-order valence-corrected chi connectivity index (χ0v) is 8.74. The molecule has 13 heavy (non-hydrogen) atoms. The number of carbonyl (C=O) groups is 1. The third kappa shape index (κ3) is 6.54. The maximum Gasteiger partial charge on any atom is 0.317 e. The molecule has 0 heterocycles. The van der Waals surface area contributed by atoms with E-state index >= 15 is 0 Å². The Bertz CT molecular complexity index is 172. The molecule has 0 atom stereocenters. The van der Waals surface area contributed by atoms with E-state index in [-0.39, 0.29) is 12.6 Å². The number of rotatable bonds is 5. The summed E-state index contributed by atoms with van der Waals surface area (Å²) in [5.74, 6) is -0.863. The van der Waals surface area contributed by atoms with Gasteiger partial charge in [-0.05, 0) is 27.7 Å². The van der Waals surface area contributed by atoms with Crippen molar-refractivity contribution in [1.82, 2.24) is 4.90 Å². The van der Waals surface area contributed by atoms with Crippen LogP contribution in [0, 0.1) is 0 Å². The molecule has 0 aliphatic heterocycles. The monoisotopic (exact) mass is 189 g/mol. The number of aliphatic carboxylic acids is 1. The largest absolute Gasteiger partial charge is 0.480 e. The molecule has 0 unspecified atom stereocenters. The lowest BCUT2D eigenvalue weighted by molar-refractivity contribution is -0.139. The summed E-state index contributed by atoms with van der Waals surface area (Å²) < 4.78 is 0. The molecule has 0 aliphatic rings. The van der Waals surface area contributed by atoms with Gasteiger partial charge in [-0.15, -0.1) is 0 Å². The normalized spacial score (nSPS) is 12.5. The fourth-order valence-corrected chi connectivity index (χ4v) is 1.09. The van der Waals surface area contributed by atoms with Crippen molar-refractivity contribution in [2.24, 2.45) is 0 Å². The van der Waals surface area contributed by atoms with Gasteiger partial charge in [0.15, 0.2) is 0 Å². The molecule has 4 nitrogen and oxygen atoms in total. The maximum atomic E-state index is 10.5. The van der Waals surface area contributed by atoms with Crippen LogP contribution in [0.4, 0.5) is 0 Å². The van der Waals surface area contributed by atoms with Crippen molar-refractivity contribution in [2.75, 3.05) is 13.1 Å². The Hall–Kier alpha value is -0.610. The lowest BCUT2D eigenvalue weighted by Crippen LogP contribution is -2.44. The van der Waals surface area contributed by atoms with E-state index in [2.05, 4.69) is 0 Å². The number of carboxylic acid groups (broad SMARTS) is 1.